The number of halogens is 1. The molecule has 1 aromatic rings. The molecule has 17 heavy (non-hydrogen) atoms. The Labute approximate surface area is 107 Å². The summed E-state index contributed by atoms with van der Waals surface area (Å²) in [5, 5.41) is 17.8. The number of likely N-dealkylation sites (N-methyl/N-ethyl adjacent to an activating group) is 1. The third-order valence-electron chi connectivity index (χ3n) is 2.53. The fraction of sp³-hybridized carbons (Fsp3) is 0.727. The Hall–Kier alpha value is -0.620. The first-order valence-electron chi connectivity index (χ1n) is 5.63. The number of hydrogen-bond acceptors (Lipinski definition) is 4. The molecule has 1 rings (SSSR count). The molecule has 98 valence electrons. The molecule has 0 fully saturated rings. The van der Waals surface area contributed by atoms with E-state index in [0.717, 1.165) is 11.3 Å². The van der Waals surface area contributed by atoms with E-state index in [0.29, 0.717) is 24.8 Å². The minimum Gasteiger partial charge on any atom is -0.390 e. The number of aliphatic hydroxyl groups excluding tert-OH is 1. The first-order valence-corrected chi connectivity index (χ1v) is 6.01. The van der Waals surface area contributed by atoms with Gasteiger partial charge in [-0.25, -0.2) is 0 Å². The molecule has 1 unspecified atom stereocenters. The summed E-state index contributed by atoms with van der Waals surface area (Å²) in [7, 11) is 5.69. The Kier molecular flexibility index (Phi) is 5.39. The first kappa shape index (κ1) is 14.4. The fourth-order valence-electron chi connectivity index (χ4n) is 1.72. The van der Waals surface area contributed by atoms with Crippen LogP contribution in [0.5, 0.6) is 0 Å². The van der Waals surface area contributed by atoms with E-state index in [4.69, 9.17) is 11.6 Å². The van der Waals surface area contributed by atoms with Gasteiger partial charge in [-0.1, -0.05) is 11.6 Å². The standard InChI is InChI=1S/C11H21ClN4O/c1-8-10(11(12)16(4)14-8)6-13-5-9(17)7-15(2)3/h9,13,17H,5-7H2,1-4H3. The maximum atomic E-state index is 9.68. The van der Waals surface area contributed by atoms with Gasteiger partial charge >= 0.3 is 0 Å². The summed E-state index contributed by atoms with van der Waals surface area (Å²) in [6.45, 7) is 3.75. The highest BCUT2D eigenvalue weighted by Crippen LogP contribution is 2.17. The Morgan fingerprint density at radius 2 is 2.18 bits per heavy atom. The van der Waals surface area contributed by atoms with Gasteiger partial charge < -0.3 is 15.3 Å². The molecule has 0 aliphatic rings. The van der Waals surface area contributed by atoms with Gasteiger partial charge in [0.05, 0.1) is 11.8 Å². The molecule has 0 spiro atoms. The number of aromatic nitrogens is 2. The van der Waals surface area contributed by atoms with Crippen LogP contribution < -0.4 is 5.32 Å². The zero-order valence-electron chi connectivity index (χ0n) is 10.9. The largest absolute Gasteiger partial charge is 0.390 e. The summed E-state index contributed by atoms with van der Waals surface area (Å²) in [4.78, 5) is 1.95. The lowest BCUT2D eigenvalue weighted by Crippen LogP contribution is -2.34. The molecule has 0 bridgehead atoms. The van der Waals surface area contributed by atoms with Crippen LogP contribution in [-0.4, -0.2) is 53.1 Å². The van der Waals surface area contributed by atoms with Crippen molar-refractivity contribution in [3.8, 4) is 0 Å². The van der Waals surface area contributed by atoms with Crippen LogP contribution in [0.25, 0.3) is 0 Å². The van der Waals surface area contributed by atoms with Crippen molar-refractivity contribution >= 4 is 11.6 Å². The average molecular weight is 261 g/mol. The van der Waals surface area contributed by atoms with E-state index in [1.165, 1.54) is 0 Å². The predicted octanol–water partition coefficient (Wildman–Crippen LogP) is 0.394. The van der Waals surface area contributed by atoms with Crippen LogP contribution in [0.15, 0.2) is 0 Å². The van der Waals surface area contributed by atoms with Gasteiger partial charge in [0.15, 0.2) is 0 Å². The zero-order valence-corrected chi connectivity index (χ0v) is 11.6. The molecular weight excluding hydrogens is 240 g/mol. The maximum absolute atomic E-state index is 9.68. The van der Waals surface area contributed by atoms with E-state index in [-0.39, 0.29) is 6.10 Å². The quantitative estimate of drug-likeness (QED) is 0.777. The summed E-state index contributed by atoms with van der Waals surface area (Å²) in [5.41, 5.74) is 1.92. The molecule has 1 aromatic heterocycles. The molecule has 0 saturated heterocycles. The summed E-state index contributed by atoms with van der Waals surface area (Å²) in [5.74, 6) is 0. The number of aliphatic hydroxyl groups is 1. The van der Waals surface area contributed by atoms with Crippen molar-refractivity contribution in [1.82, 2.24) is 20.0 Å². The first-order chi connectivity index (χ1) is 7.91. The molecule has 0 aromatic carbocycles. The maximum Gasteiger partial charge on any atom is 0.131 e. The van der Waals surface area contributed by atoms with Crippen LogP contribution in [0, 0.1) is 6.92 Å². The van der Waals surface area contributed by atoms with E-state index in [2.05, 4.69) is 10.4 Å². The van der Waals surface area contributed by atoms with Crippen LogP contribution in [0.1, 0.15) is 11.3 Å². The molecule has 2 N–H and O–H groups in total. The molecule has 0 amide bonds. The highest BCUT2D eigenvalue weighted by molar-refractivity contribution is 6.30. The van der Waals surface area contributed by atoms with Gasteiger partial charge in [0.25, 0.3) is 0 Å². The lowest BCUT2D eigenvalue weighted by Gasteiger charge is -2.16. The van der Waals surface area contributed by atoms with E-state index in [1.807, 2.05) is 33.0 Å². The highest BCUT2D eigenvalue weighted by Gasteiger charge is 2.11. The number of rotatable bonds is 6. The predicted molar refractivity (Wildman–Crippen MR) is 69.2 cm³/mol. The Balaban J connectivity index is 2.41. The summed E-state index contributed by atoms with van der Waals surface area (Å²) < 4.78 is 1.66. The summed E-state index contributed by atoms with van der Waals surface area (Å²) in [6.07, 6.45) is -0.374. The minimum atomic E-state index is -0.374. The summed E-state index contributed by atoms with van der Waals surface area (Å²) >= 11 is 6.10. The van der Waals surface area contributed by atoms with Crippen LogP contribution >= 0.6 is 11.6 Å². The van der Waals surface area contributed by atoms with Crippen molar-refractivity contribution in [1.29, 1.82) is 0 Å². The second kappa shape index (κ2) is 6.35. The van der Waals surface area contributed by atoms with Crippen molar-refractivity contribution in [3.05, 3.63) is 16.4 Å². The second-order valence-corrected chi connectivity index (χ2v) is 4.88. The van der Waals surface area contributed by atoms with Gasteiger partial charge in [0.1, 0.15) is 5.15 Å². The molecular formula is C11H21ClN4O. The third kappa shape index (κ3) is 4.27. The van der Waals surface area contributed by atoms with Crippen molar-refractivity contribution in [2.75, 3.05) is 27.2 Å². The second-order valence-electron chi connectivity index (χ2n) is 4.53. The van der Waals surface area contributed by atoms with Crippen LogP contribution in [0.2, 0.25) is 5.15 Å². The number of nitrogens with zero attached hydrogens (tertiary/aromatic N) is 3. The van der Waals surface area contributed by atoms with Crippen LogP contribution in [0.4, 0.5) is 0 Å². The van der Waals surface area contributed by atoms with Gasteiger partial charge in [-0.2, -0.15) is 5.10 Å². The molecule has 5 nitrogen and oxygen atoms in total. The lowest BCUT2D eigenvalue weighted by atomic mass is 10.2. The highest BCUT2D eigenvalue weighted by atomic mass is 35.5. The van der Waals surface area contributed by atoms with Crippen molar-refractivity contribution < 1.29 is 5.11 Å². The number of aryl methyl sites for hydroxylation is 2. The molecule has 0 radical (unpaired) electrons. The monoisotopic (exact) mass is 260 g/mol. The Morgan fingerprint density at radius 1 is 1.53 bits per heavy atom. The van der Waals surface area contributed by atoms with Crippen molar-refractivity contribution in [2.45, 2.75) is 19.6 Å². The molecule has 0 saturated carbocycles. The number of hydrogen-bond donors (Lipinski definition) is 2. The molecule has 0 aliphatic carbocycles. The van der Waals surface area contributed by atoms with Crippen molar-refractivity contribution in [2.24, 2.45) is 7.05 Å². The van der Waals surface area contributed by atoms with Gasteiger partial charge in [-0.15, -0.1) is 0 Å². The molecule has 1 atom stereocenters. The zero-order chi connectivity index (χ0) is 13.0. The minimum absolute atomic E-state index is 0.374. The van der Waals surface area contributed by atoms with E-state index in [1.54, 1.807) is 4.68 Å². The van der Waals surface area contributed by atoms with Gasteiger partial charge in [-0.3, -0.25) is 4.68 Å². The lowest BCUT2D eigenvalue weighted by molar-refractivity contribution is 0.134. The third-order valence-corrected chi connectivity index (χ3v) is 3.00. The van der Waals surface area contributed by atoms with E-state index >= 15 is 0 Å². The average Bonchev–Trinajstić information content (AvgIpc) is 2.43. The van der Waals surface area contributed by atoms with Gasteiger partial charge in [0.2, 0.25) is 0 Å². The fourth-order valence-corrected chi connectivity index (χ4v) is 1.97. The summed E-state index contributed by atoms with van der Waals surface area (Å²) in [6, 6.07) is 0. The molecule has 0 aliphatic heterocycles. The van der Waals surface area contributed by atoms with Crippen molar-refractivity contribution in [3.63, 3.8) is 0 Å². The Bertz CT molecular complexity index is 365. The van der Waals surface area contributed by atoms with Gasteiger partial charge in [-0.05, 0) is 21.0 Å². The molecule has 1 heterocycles. The Morgan fingerprint density at radius 3 is 2.65 bits per heavy atom. The number of nitrogens with one attached hydrogen (secondary N) is 1. The normalized spacial score (nSPS) is 13.4. The smallest absolute Gasteiger partial charge is 0.131 e. The molecule has 6 heteroatoms. The van der Waals surface area contributed by atoms with E-state index in [9.17, 15) is 5.11 Å². The van der Waals surface area contributed by atoms with Gasteiger partial charge in [0, 0.05) is 32.2 Å². The van der Waals surface area contributed by atoms with Crippen LogP contribution in [0.3, 0.4) is 0 Å². The van der Waals surface area contributed by atoms with Crippen LogP contribution in [-0.2, 0) is 13.6 Å². The van der Waals surface area contributed by atoms with E-state index < -0.39 is 0 Å². The SMILES string of the molecule is Cc1nn(C)c(Cl)c1CNCC(O)CN(C)C. The topological polar surface area (TPSA) is 53.3 Å².